The average Bonchev–Trinajstić information content (AvgIpc) is 3.32. The van der Waals surface area contributed by atoms with Crippen molar-refractivity contribution in [3.8, 4) is 0 Å². The highest BCUT2D eigenvalue weighted by atomic mass is 16.3. The van der Waals surface area contributed by atoms with Gasteiger partial charge in [-0.1, -0.05) is 31.4 Å². The third-order valence-electron chi connectivity index (χ3n) is 5.98. The molecular weight excluding hydrogens is 402 g/mol. The minimum atomic E-state index is -0.228. The quantitative estimate of drug-likeness (QED) is 0.711. The molecule has 2 aromatic rings. The van der Waals surface area contributed by atoms with E-state index in [2.05, 4.69) is 19.2 Å². The Bertz CT molecular complexity index is 1140. The second kappa shape index (κ2) is 8.38. The van der Waals surface area contributed by atoms with Crippen LogP contribution < -0.4 is 9.80 Å². The second-order valence-electron chi connectivity index (χ2n) is 8.16. The van der Waals surface area contributed by atoms with Crippen molar-refractivity contribution in [3.63, 3.8) is 0 Å². The van der Waals surface area contributed by atoms with Crippen LogP contribution in [0.2, 0.25) is 0 Å². The van der Waals surface area contributed by atoms with Crippen molar-refractivity contribution in [1.82, 2.24) is 4.90 Å². The molecule has 32 heavy (non-hydrogen) atoms. The summed E-state index contributed by atoms with van der Waals surface area (Å²) in [6.07, 6.45) is 9.39. The van der Waals surface area contributed by atoms with Crippen LogP contribution in [0.4, 0.5) is 11.4 Å². The number of rotatable bonds is 4. The number of furan rings is 1. The van der Waals surface area contributed by atoms with Gasteiger partial charge in [0.05, 0.1) is 29.7 Å². The molecule has 1 unspecified atom stereocenters. The van der Waals surface area contributed by atoms with Gasteiger partial charge in [-0.3, -0.25) is 9.59 Å². The van der Waals surface area contributed by atoms with Gasteiger partial charge >= 0.3 is 0 Å². The van der Waals surface area contributed by atoms with Crippen molar-refractivity contribution in [1.29, 1.82) is 0 Å². The summed E-state index contributed by atoms with van der Waals surface area (Å²) in [7, 11) is 1.96. The highest BCUT2D eigenvalue weighted by Gasteiger charge is 2.35. The molecule has 1 aliphatic heterocycles. The van der Waals surface area contributed by atoms with Crippen molar-refractivity contribution in [2.45, 2.75) is 25.9 Å². The number of amides is 2. The maximum atomic E-state index is 13.2. The van der Waals surface area contributed by atoms with E-state index in [9.17, 15) is 9.59 Å². The number of carbonyl (C=O) groups excluding carboxylic acids is 2. The number of nitrogens with zero attached hydrogens (tertiary/aromatic N) is 3. The topological polar surface area (TPSA) is 57.0 Å². The Kier molecular flexibility index (Phi) is 5.61. The van der Waals surface area contributed by atoms with E-state index in [1.807, 2.05) is 49.2 Å². The van der Waals surface area contributed by atoms with Crippen molar-refractivity contribution in [3.05, 3.63) is 91.1 Å². The summed E-state index contributed by atoms with van der Waals surface area (Å²) in [5.74, 6) is -0.0165. The van der Waals surface area contributed by atoms with E-state index >= 15 is 0 Å². The van der Waals surface area contributed by atoms with Crippen LogP contribution in [0.5, 0.6) is 0 Å². The molecule has 6 nitrogen and oxygen atoms in total. The Balaban J connectivity index is 1.81. The van der Waals surface area contributed by atoms with E-state index in [4.69, 9.17) is 4.42 Å². The molecule has 164 valence electrons. The van der Waals surface area contributed by atoms with Crippen LogP contribution in [-0.4, -0.2) is 42.4 Å². The third-order valence-corrected chi connectivity index (χ3v) is 5.98. The van der Waals surface area contributed by atoms with E-state index in [1.165, 1.54) is 6.26 Å². The fraction of sp³-hybridized carbons (Fsp3) is 0.231. The van der Waals surface area contributed by atoms with Crippen molar-refractivity contribution >= 4 is 28.8 Å². The zero-order chi connectivity index (χ0) is 23.0. The largest absolute Gasteiger partial charge is 0.459 e. The predicted octanol–water partition coefficient (Wildman–Crippen LogP) is 4.63. The molecule has 1 aromatic carbocycles. The lowest BCUT2D eigenvalue weighted by molar-refractivity contribution is -0.117. The zero-order valence-electron chi connectivity index (χ0n) is 18.6. The van der Waals surface area contributed by atoms with Crippen molar-refractivity contribution < 1.29 is 14.0 Å². The van der Waals surface area contributed by atoms with Gasteiger partial charge in [0.2, 0.25) is 5.91 Å². The van der Waals surface area contributed by atoms with Crippen LogP contribution >= 0.6 is 0 Å². The highest BCUT2D eigenvalue weighted by Crippen LogP contribution is 2.39. The average molecular weight is 430 g/mol. The first-order chi connectivity index (χ1) is 15.3. The van der Waals surface area contributed by atoms with Crippen LogP contribution in [0.1, 0.15) is 30.0 Å². The first kappa shape index (κ1) is 21.4. The second-order valence-corrected chi connectivity index (χ2v) is 8.16. The first-order valence-corrected chi connectivity index (χ1v) is 10.5. The van der Waals surface area contributed by atoms with E-state index in [0.29, 0.717) is 17.9 Å². The minimum Gasteiger partial charge on any atom is -0.459 e. The number of fused-ring (bicyclic) bond motifs is 1. The lowest BCUT2D eigenvalue weighted by Crippen LogP contribution is -2.51. The van der Waals surface area contributed by atoms with Gasteiger partial charge in [0, 0.05) is 20.5 Å². The molecule has 0 saturated carbocycles. The van der Waals surface area contributed by atoms with Gasteiger partial charge in [0.25, 0.3) is 5.91 Å². The van der Waals surface area contributed by atoms with Gasteiger partial charge in [0.15, 0.2) is 5.76 Å². The summed E-state index contributed by atoms with van der Waals surface area (Å²) in [5, 5.41) is 0. The number of anilines is 2. The lowest BCUT2D eigenvalue weighted by atomic mass is 9.92. The van der Waals surface area contributed by atoms with E-state index in [1.54, 1.807) is 35.1 Å². The Morgan fingerprint density at radius 1 is 1.22 bits per heavy atom. The van der Waals surface area contributed by atoms with E-state index < -0.39 is 0 Å². The van der Waals surface area contributed by atoms with Gasteiger partial charge in [-0.15, -0.1) is 0 Å². The summed E-state index contributed by atoms with van der Waals surface area (Å²) < 4.78 is 5.37. The summed E-state index contributed by atoms with van der Waals surface area (Å²) in [4.78, 5) is 31.1. The van der Waals surface area contributed by atoms with E-state index in [0.717, 1.165) is 16.7 Å². The molecule has 2 heterocycles. The fourth-order valence-corrected chi connectivity index (χ4v) is 4.32. The van der Waals surface area contributed by atoms with Gasteiger partial charge in [-0.2, -0.15) is 0 Å². The Labute approximate surface area is 188 Å². The number of likely N-dealkylation sites (N-methyl/N-ethyl adjacent to an activating group) is 1. The zero-order valence-corrected chi connectivity index (χ0v) is 18.6. The molecule has 0 N–H and O–H groups in total. The molecular formula is C26H27N3O3. The van der Waals surface area contributed by atoms with E-state index in [-0.39, 0.29) is 29.7 Å². The smallest absolute Gasteiger partial charge is 0.294 e. The van der Waals surface area contributed by atoms with Crippen LogP contribution in [0.25, 0.3) is 5.57 Å². The monoisotopic (exact) mass is 429 g/mol. The minimum absolute atomic E-state index is 0.00173. The molecule has 0 spiro atoms. The van der Waals surface area contributed by atoms with Crippen molar-refractivity contribution in [2.24, 2.45) is 0 Å². The molecule has 1 aromatic heterocycles. The predicted molar refractivity (Wildman–Crippen MR) is 127 cm³/mol. The summed E-state index contributed by atoms with van der Waals surface area (Å²) in [6, 6.07) is 9.05. The summed E-state index contributed by atoms with van der Waals surface area (Å²) in [5.41, 5.74) is 4.33. The summed E-state index contributed by atoms with van der Waals surface area (Å²) >= 11 is 0. The Morgan fingerprint density at radius 3 is 2.66 bits per heavy atom. The molecule has 0 fully saturated rings. The molecule has 2 amide bonds. The molecule has 0 saturated heterocycles. The molecule has 2 aliphatic rings. The van der Waals surface area contributed by atoms with Crippen LogP contribution in [0.15, 0.2) is 84.2 Å². The SMILES string of the molecule is C=CN(C)C1C=C(c2ccc3c(c2)N(C(=O)c2ccco2)C[C@H](C)N3C(C)=O)C=CC1=C. The van der Waals surface area contributed by atoms with Gasteiger partial charge in [-0.05, 0) is 60.2 Å². The molecule has 6 heteroatoms. The summed E-state index contributed by atoms with van der Waals surface area (Å²) in [6.45, 7) is 11.9. The van der Waals surface area contributed by atoms with Crippen LogP contribution in [-0.2, 0) is 4.79 Å². The van der Waals surface area contributed by atoms with Crippen molar-refractivity contribution in [2.75, 3.05) is 23.4 Å². The Hall–Kier alpha value is -3.80. The highest BCUT2D eigenvalue weighted by molar-refractivity contribution is 6.09. The van der Waals surface area contributed by atoms with Gasteiger partial charge in [-0.25, -0.2) is 0 Å². The maximum absolute atomic E-state index is 13.2. The first-order valence-electron chi connectivity index (χ1n) is 10.5. The maximum Gasteiger partial charge on any atom is 0.294 e. The molecule has 1 aliphatic carbocycles. The standard InChI is InChI=1S/C26H27N3O3/c1-6-27(5)23-14-20(10-9-17(23)2)21-11-12-22-24(15-21)28(16-18(3)29(22)19(4)30)26(31)25-8-7-13-32-25/h6-15,18,23H,1-2,16H2,3-5H3/t18-,23?/m0/s1. The normalized spacial score (nSPS) is 20.0. The lowest BCUT2D eigenvalue weighted by Gasteiger charge is -2.40. The molecule has 0 radical (unpaired) electrons. The number of hydrogen-bond acceptors (Lipinski definition) is 4. The fourth-order valence-electron chi connectivity index (χ4n) is 4.32. The van der Waals surface area contributed by atoms with Gasteiger partial charge in [0.1, 0.15) is 0 Å². The third kappa shape index (κ3) is 3.68. The number of hydrogen-bond donors (Lipinski definition) is 0. The molecule has 2 atom stereocenters. The Morgan fingerprint density at radius 2 is 2.00 bits per heavy atom. The number of allylic oxidation sites excluding steroid dienone is 2. The molecule has 0 bridgehead atoms. The van der Waals surface area contributed by atoms with Gasteiger partial charge < -0.3 is 19.1 Å². The number of carbonyl (C=O) groups is 2. The molecule has 4 rings (SSSR count). The number of benzene rings is 1. The van der Waals surface area contributed by atoms with Crippen LogP contribution in [0, 0.1) is 0 Å². The van der Waals surface area contributed by atoms with Crippen LogP contribution in [0.3, 0.4) is 0 Å².